The third-order valence-corrected chi connectivity index (χ3v) is 5.19. The highest BCUT2D eigenvalue weighted by Crippen LogP contribution is 2.23. The number of hydrogen-bond acceptors (Lipinski definition) is 4. The molecule has 0 atom stereocenters. The van der Waals surface area contributed by atoms with Crippen molar-refractivity contribution in [3.63, 3.8) is 0 Å². The van der Waals surface area contributed by atoms with E-state index < -0.39 is 5.97 Å². The molecule has 4 rings (SSSR count). The van der Waals surface area contributed by atoms with Gasteiger partial charge in [0.05, 0.1) is 17.8 Å². The summed E-state index contributed by atoms with van der Waals surface area (Å²) in [6.45, 7) is 3.44. The zero-order valence-corrected chi connectivity index (χ0v) is 17.5. The first-order valence-corrected chi connectivity index (χ1v) is 10.1. The van der Waals surface area contributed by atoms with Crippen molar-refractivity contribution in [2.45, 2.75) is 20.3 Å². The van der Waals surface area contributed by atoms with Crippen LogP contribution in [0, 0.1) is 13.8 Å². The van der Waals surface area contributed by atoms with Crippen molar-refractivity contribution in [1.82, 2.24) is 9.78 Å². The summed E-state index contributed by atoms with van der Waals surface area (Å²) in [7, 11) is 0. The number of aryl methyl sites for hydroxylation is 1. The summed E-state index contributed by atoms with van der Waals surface area (Å²) in [6.07, 6.45) is 0.0616. The van der Waals surface area contributed by atoms with Crippen LogP contribution >= 0.6 is 0 Å². The van der Waals surface area contributed by atoms with E-state index in [1.54, 1.807) is 0 Å². The molecule has 6 heteroatoms. The van der Waals surface area contributed by atoms with E-state index in [0.717, 1.165) is 33.4 Å². The van der Waals surface area contributed by atoms with E-state index in [-0.39, 0.29) is 18.9 Å². The van der Waals surface area contributed by atoms with E-state index in [4.69, 9.17) is 4.74 Å². The van der Waals surface area contributed by atoms with Crippen LogP contribution in [0.25, 0.3) is 16.5 Å². The normalized spacial score (nSPS) is 10.8. The Labute approximate surface area is 180 Å². The minimum atomic E-state index is -0.466. The highest BCUT2D eigenvalue weighted by Gasteiger charge is 2.17. The fourth-order valence-corrected chi connectivity index (χ4v) is 3.61. The van der Waals surface area contributed by atoms with Crippen molar-refractivity contribution in [3.05, 3.63) is 89.7 Å². The number of aromatic nitrogens is 2. The van der Waals surface area contributed by atoms with Crippen molar-refractivity contribution >= 4 is 28.3 Å². The molecule has 1 N–H and O–H groups in total. The molecule has 0 aliphatic carbocycles. The Balaban J connectivity index is 1.38. The third kappa shape index (κ3) is 4.48. The largest absolute Gasteiger partial charge is 0.455 e. The molecule has 1 heterocycles. The summed E-state index contributed by atoms with van der Waals surface area (Å²) in [5, 5.41) is 9.32. The molecule has 31 heavy (non-hydrogen) atoms. The number of hydrogen-bond donors (Lipinski definition) is 1. The summed E-state index contributed by atoms with van der Waals surface area (Å²) >= 11 is 0. The predicted octanol–water partition coefficient (Wildman–Crippen LogP) is 4.37. The second kappa shape index (κ2) is 8.83. The van der Waals surface area contributed by atoms with Crippen LogP contribution < -0.4 is 5.32 Å². The molecule has 1 amide bonds. The Morgan fingerprint density at radius 2 is 1.65 bits per heavy atom. The van der Waals surface area contributed by atoms with E-state index in [2.05, 4.69) is 10.4 Å². The summed E-state index contributed by atoms with van der Waals surface area (Å²) in [5.41, 5.74) is 4.06. The number of nitrogens with one attached hydrogen (secondary N) is 1. The number of rotatable bonds is 6. The van der Waals surface area contributed by atoms with Gasteiger partial charge in [0.25, 0.3) is 5.91 Å². The predicted molar refractivity (Wildman–Crippen MR) is 120 cm³/mol. The van der Waals surface area contributed by atoms with Crippen molar-refractivity contribution in [2.24, 2.45) is 0 Å². The van der Waals surface area contributed by atoms with Crippen molar-refractivity contribution in [1.29, 1.82) is 0 Å². The molecule has 0 saturated heterocycles. The van der Waals surface area contributed by atoms with Gasteiger partial charge in [0.15, 0.2) is 6.61 Å². The number of carbonyl (C=O) groups excluding carboxylic acids is 2. The molecule has 0 unspecified atom stereocenters. The Hall–Kier alpha value is -3.93. The second-order valence-electron chi connectivity index (χ2n) is 7.31. The molecule has 0 saturated carbocycles. The fourth-order valence-electron chi connectivity index (χ4n) is 3.61. The summed E-state index contributed by atoms with van der Waals surface area (Å²) < 4.78 is 7.04. The Kier molecular flexibility index (Phi) is 5.80. The van der Waals surface area contributed by atoms with E-state index in [0.29, 0.717) is 5.69 Å². The van der Waals surface area contributed by atoms with Gasteiger partial charge in [0.1, 0.15) is 0 Å². The van der Waals surface area contributed by atoms with E-state index in [1.807, 2.05) is 91.3 Å². The Bertz CT molecular complexity index is 1240. The SMILES string of the molecule is Cc1nn(-c2ccccc2)c(C)c1CC(=O)OCC(=O)Nc1cccc2ccccc12. The molecule has 4 aromatic rings. The average Bonchev–Trinajstić information content (AvgIpc) is 3.07. The molecular formula is C25H23N3O3. The Morgan fingerprint density at radius 1 is 0.935 bits per heavy atom. The van der Waals surface area contributed by atoms with Gasteiger partial charge in [-0.2, -0.15) is 5.10 Å². The number of amides is 1. The lowest BCUT2D eigenvalue weighted by Crippen LogP contribution is -2.22. The number of para-hydroxylation sites is 1. The highest BCUT2D eigenvalue weighted by atomic mass is 16.5. The molecule has 0 fully saturated rings. The number of anilines is 1. The van der Waals surface area contributed by atoms with Crippen LogP contribution in [0.3, 0.4) is 0 Å². The first kappa shape index (κ1) is 20.3. The molecule has 0 aliphatic rings. The van der Waals surface area contributed by atoms with Crippen LogP contribution in [0.4, 0.5) is 5.69 Å². The maximum absolute atomic E-state index is 12.4. The van der Waals surface area contributed by atoms with E-state index >= 15 is 0 Å². The topological polar surface area (TPSA) is 73.2 Å². The van der Waals surface area contributed by atoms with Crippen LogP contribution in [-0.4, -0.2) is 28.3 Å². The minimum Gasteiger partial charge on any atom is -0.455 e. The zero-order valence-electron chi connectivity index (χ0n) is 17.5. The molecule has 0 radical (unpaired) electrons. The monoisotopic (exact) mass is 413 g/mol. The summed E-state index contributed by atoms with van der Waals surface area (Å²) in [6, 6.07) is 23.2. The van der Waals surface area contributed by atoms with Gasteiger partial charge in [0.2, 0.25) is 0 Å². The maximum Gasteiger partial charge on any atom is 0.310 e. The number of ether oxygens (including phenoxy) is 1. The number of benzene rings is 3. The van der Waals surface area contributed by atoms with Crippen LogP contribution in [0.1, 0.15) is 17.0 Å². The Morgan fingerprint density at radius 3 is 2.45 bits per heavy atom. The van der Waals surface area contributed by atoms with E-state index in [1.165, 1.54) is 0 Å². The number of fused-ring (bicyclic) bond motifs is 1. The zero-order chi connectivity index (χ0) is 21.8. The van der Waals surface area contributed by atoms with Gasteiger partial charge >= 0.3 is 5.97 Å². The lowest BCUT2D eigenvalue weighted by atomic mass is 10.1. The van der Waals surface area contributed by atoms with Gasteiger partial charge < -0.3 is 10.1 Å². The standard InChI is InChI=1S/C25H23N3O3/c1-17-22(18(2)28(27-17)20-11-4-3-5-12-20)15-25(30)31-16-24(29)26-23-14-8-10-19-9-6-7-13-21(19)23/h3-14H,15-16H2,1-2H3,(H,26,29). The van der Waals surface area contributed by atoms with Crippen molar-refractivity contribution in [3.8, 4) is 5.69 Å². The van der Waals surface area contributed by atoms with Crippen LogP contribution in [0.15, 0.2) is 72.8 Å². The molecule has 156 valence electrons. The molecule has 6 nitrogen and oxygen atoms in total. The first-order valence-electron chi connectivity index (χ1n) is 10.1. The number of carbonyl (C=O) groups is 2. The second-order valence-corrected chi connectivity index (χ2v) is 7.31. The van der Waals surface area contributed by atoms with Gasteiger partial charge in [-0.3, -0.25) is 9.59 Å². The number of esters is 1. The van der Waals surface area contributed by atoms with Crippen molar-refractivity contribution in [2.75, 3.05) is 11.9 Å². The van der Waals surface area contributed by atoms with Gasteiger partial charge in [0, 0.05) is 22.3 Å². The van der Waals surface area contributed by atoms with Gasteiger partial charge in [-0.25, -0.2) is 4.68 Å². The van der Waals surface area contributed by atoms with Crippen LogP contribution in [0.5, 0.6) is 0 Å². The molecule has 0 spiro atoms. The van der Waals surface area contributed by atoms with Crippen LogP contribution in [-0.2, 0) is 20.7 Å². The minimum absolute atomic E-state index is 0.0616. The molecular weight excluding hydrogens is 390 g/mol. The van der Waals surface area contributed by atoms with E-state index in [9.17, 15) is 9.59 Å². The lowest BCUT2D eigenvalue weighted by molar-refractivity contribution is -0.146. The smallest absolute Gasteiger partial charge is 0.310 e. The third-order valence-electron chi connectivity index (χ3n) is 5.19. The average molecular weight is 413 g/mol. The van der Waals surface area contributed by atoms with Crippen molar-refractivity contribution < 1.29 is 14.3 Å². The molecule has 1 aromatic heterocycles. The lowest BCUT2D eigenvalue weighted by Gasteiger charge is -2.09. The van der Waals surface area contributed by atoms with Gasteiger partial charge in [-0.05, 0) is 37.4 Å². The van der Waals surface area contributed by atoms with Crippen LogP contribution in [0.2, 0.25) is 0 Å². The number of nitrogens with zero attached hydrogens (tertiary/aromatic N) is 2. The first-order chi connectivity index (χ1) is 15.0. The molecule has 3 aromatic carbocycles. The highest BCUT2D eigenvalue weighted by molar-refractivity contribution is 6.02. The molecule has 0 aliphatic heterocycles. The summed E-state index contributed by atoms with van der Waals surface area (Å²) in [5.74, 6) is -0.843. The molecule has 0 bridgehead atoms. The fraction of sp³-hybridized carbons (Fsp3) is 0.160. The summed E-state index contributed by atoms with van der Waals surface area (Å²) in [4.78, 5) is 24.7. The maximum atomic E-state index is 12.4. The quantitative estimate of drug-likeness (QED) is 0.477. The van der Waals surface area contributed by atoms with Gasteiger partial charge in [-0.1, -0.05) is 54.6 Å². The van der Waals surface area contributed by atoms with Gasteiger partial charge in [-0.15, -0.1) is 0 Å².